The van der Waals surface area contributed by atoms with Crippen molar-refractivity contribution in [3.63, 3.8) is 0 Å². The number of likely N-dealkylation sites (tertiary alicyclic amines) is 1. The highest BCUT2D eigenvalue weighted by Crippen LogP contribution is 2.25. The predicted molar refractivity (Wildman–Crippen MR) is 163 cm³/mol. The van der Waals surface area contributed by atoms with E-state index in [0.29, 0.717) is 5.54 Å². The zero-order valence-electron chi connectivity index (χ0n) is 25.3. The van der Waals surface area contributed by atoms with E-state index in [-0.39, 0.29) is 5.54 Å². The maximum Gasteiger partial charge on any atom is 0.0194 e. The van der Waals surface area contributed by atoms with E-state index in [9.17, 15) is 0 Å². The van der Waals surface area contributed by atoms with Gasteiger partial charge < -0.3 is 9.80 Å². The minimum absolute atomic E-state index is 0.183. The van der Waals surface area contributed by atoms with Gasteiger partial charge in [-0.05, 0) is 90.5 Å². The molecule has 4 rings (SSSR count). The van der Waals surface area contributed by atoms with Crippen LogP contribution in [0.4, 0.5) is 0 Å². The molecule has 0 N–H and O–H groups in total. The van der Waals surface area contributed by atoms with Crippen LogP contribution in [0.5, 0.6) is 0 Å². The summed E-state index contributed by atoms with van der Waals surface area (Å²) in [5, 5.41) is 0. The molecule has 0 unspecified atom stereocenters. The van der Waals surface area contributed by atoms with Crippen molar-refractivity contribution in [2.75, 3.05) is 59.4 Å². The molecule has 0 aliphatic carbocycles. The van der Waals surface area contributed by atoms with Gasteiger partial charge in [0.15, 0.2) is 0 Å². The Kier molecular flexibility index (Phi) is 10.1. The number of rotatable bonds is 10. The van der Waals surface area contributed by atoms with Crippen LogP contribution in [0.3, 0.4) is 0 Å². The van der Waals surface area contributed by atoms with Crippen LogP contribution < -0.4 is 0 Å². The Morgan fingerprint density at radius 2 is 1.34 bits per heavy atom. The van der Waals surface area contributed by atoms with Gasteiger partial charge in [-0.1, -0.05) is 54.6 Å². The summed E-state index contributed by atoms with van der Waals surface area (Å²) in [6, 6.07) is 21.1. The Labute approximate surface area is 234 Å². The second-order valence-electron chi connectivity index (χ2n) is 13.5. The van der Waals surface area contributed by atoms with Gasteiger partial charge in [-0.2, -0.15) is 0 Å². The summed E-state index contributed by atoms with van der Waals surface area (Å²) in [6.45, 7) is 21.4. The van der Waals surface area contributed by atoms with Crippen LogP contribution in [-0.4, -0.2) is 96.1 Å². The normalized spacial score (nSPS) is 19.3. The summed E-state index contributed by atoms with van der Waals surface area (Å²) in [6.07, 6.45) is 6.00. The summed E-state index contributed by atoms with van der Waals surface area (Å²) in [5.41, 5.74) is 4.91. The molecule has 0 aromatic heterocycles. The minimum atomic E-state index is 0.183. The molecule has 210 valence electrons. The third-order valence-corrected chi connectivity index (χ3v) is 9.21. The first-order chi connectivity index (χ1) is 18.1. The average molecular weight is 519 g/mol. The summed E-state index contributed by atoms with van der Waals surface area (Å²) in [7, 11) is 2.34. The van der Waals surface area contributed by atoms with Crippen LogP contribution in [0.25, 0.3) is 0 Å². The van der Waals surface area contributed by atoms with Gasteiger partial charge in [0.25, 0.3) is 0 Å². The Morgan fingerprint density at radius 3 is 2.00 bits per heavy atom. The minimum Gasteiger partial charge on any atom is -0.303 e. The number of piperidine rings is 1. The molecule has 2 aliphatic rings. The molecule has 2 fully saturated rings. The fourth-order valence-electron chi connectivity index (χ4n) is 6.48. The van der Waals surface area contributed by atoms with Crippen molar-refractivity contribution >= 4 is 0 Å². The molecule has 0 radical (unpaired) electrons. The Bertz CT molecular complexity index is 963. The second-order valence-corrected chi connectivity index (χ2v) is 13.5. The first kappa shape index (κ1) is 29.3. The molecule has 0 bridgehead atoms. The lowest BCUT2D eigenvalue weighted by atomic mass is 9.91. The highest BCUT2D eigenvalue weighted by Gasteiger charge is 2.30. The van der Waals surface area contributed by atoms with Crippen molar-refractivity contribution < 1.29 is 0 Å². The highest BCUT2D eigenvalue weighted by molar-refractivity contribution is 5.25. The van der Waals surface area contributed by atoms with Crippen LogP contribution in [0.1, 0.15) is 64.2 Å². The zero-order chi connectivity index (χ0) is 27.2. The first-order valence-corrected chi connectivity index (χ1v) is 15.1. The molecular weight excluding hydrogens is 464 g/mol. The van der Waals surface area contributed by atoms with E-state index in [0.717, 1.165) is 31.8 Å². The Morgan fingerprint density at radius 1 is 0.711 bits per heavy atom. The number of likely N-dealkylation sites (N-methyl/N-ethyl adjacent to an activating group) is 1. The van der Waals surface area contributed by atoms with Gasteiger partial charge in [0, 0.05) is 69.5 Å². The van der Waals surface area contributed by atoms with E-state index in [4.69, 9.17) is 0 Å². The van der Waals surface area contributed by atoms with Crippen molar-refractivity contribution in [1.29, 1.82) is 0 Å². The number of nitrogens with zero attached hydrogens (tertiary/aromatic N) is 4. The molecule has 0 spiro atoms. The van der Waals surface area contributed by atoms with Gasteiger partial charge in [0.2, 0.25) is 0 Å². The van der Waals surface area contributed by atoms with E-state index < -0.39 is 0 Å². The topological polar surface area (TPSA) is 13.0 Å². The molecule has 2 aromatic carbocycles. The van der Waals surface area contributed by atoms with Gasteiger partial charge in [-0.3, -0.25) is 9.80 Å². The third kappa shape index (κ3) is 8.39. The first-order valence-electron chi connectivity index (χ1n) is 15.1. The summed E-state index contributed by atoms with van der Waals surface area (Å²) in [4.78, 5) is 10.6. The molecular formula is C34H54N4. The SMILES string of the molecule is CN(CCc1cccc(CC(C)(C)N2CCN(CCc3ccccc3)CC2)c1)C1CCN(C(C)(C)C)CC1. The van der Waals surface area contributed by atoms with Crippen molar-refractivity contribution in [1.82, 2.24) is 19.6 Å². The quantitative estimate of drug-likeness (QED) is 0.406. The van der Waals surface area contributed by atoms with Gasteiger partial charge in [-0.15, -0.1) is 0 Å². The standard InChI is InChI=1S/C34H54N4/c1-33(2,3)37-21-17-32(18-22-37)35(6)19-15-30-13-10-14-31(27-30)28-34(4,5)38-25-23-36(24-26-38)20-16-29-11-8-7-9-12-29/h7-14,27,32H,15-26,28H2,1-6H3. The van der Waals surface area contributed by atoms with E-state index >= 15 is 0 Å². The summed E-state index contributed by atoms with van der Waals surface area (Å²) >= 11 is 0. The van der Waals surface area contributed by atoms with Crippen LogP contribution in [0.2, 0.25) is 0 Å². The average Bonchev–Trinajstić information content (AvgIpc) is 2.91. The molecule has 2 saturated heterocycles. The van der Waals surface area contributed by atoms with Crippen LogP contribution in [-0.2, 0) is 19.3 Å². The Hall–Kier alpha value is -1.72. The Balaban J connectivity index is 1.21. The predicted octanol–water partition coefficient (Wildman–Crippen LogP) is 5.61. The molecule has 2 heterocycles. The van der Waals surface area contributed by atoms with Crippen molar-refractivity contribution in [3.8, 4) is 0 Å². The van der Waals surface area contributed by atoms with Crippen molar-refractivity contribution in [2.45, 2.75) is 83.8 Å². The van der Waals surface area contributed by atoms with Crippen molar-refractivity contribution in [2.24, 2.45) is 0 Å². The molecule has 4 nitrogen and oxygen atoms in total. The largest absolute Gasteiger partial charge is 0.303 e. The van der Waals surface area contributed by atoms with Gasteiger partial charge >= 0.3 is 0 Å². The smallest absolute Gasteiger partial charge is 0.0194 e. The molecule has 2 aliphatic heterocycles. The third-order valence-electron chi connectivity index (χ3n) is 9.21. The van der Waals surface area contributed by atoms with E-state index in [2.05, 4.69) is 116 Å². The van der Waals surface area contributed by atoms with E-state index in [1.807, 2.05) is 0 Å². The molecule has 0 atom stereocenters. The van der Waals surface area contributed by atoms with Gasteiger partial charge in [-0.25, -0.2) is 0 Å². The maximum absolute atomic E-state index is 2.72. The number of hydrogen-bond acceptors (Lipinski definition) is 4. The van der Waals surface area contributed by atoms with Crippen molar-refractivity contribution in [3.05, 3.63) is 71.3 Å². The fourth-order valence-corrected chi connectivity index (χ4v) is 6.48. The molecule has 2 aromatic rings. The monoisotopic (exact) mass is 518 g/mol. The molecule has 4 heteroatoms. The van der Waals surface area contributed by atoms with E-state index in [1.165, 1.54) is 75.3 Å². The highest BCUT2D eigenvalue weighted by atomic mass is 15.3. The van der Waals surface area contributed by atoms with Crippen LogP contribution in [0.15, 0.2) is 54.6 Å². The molecule has 0 saturated carbocycles. The fraction of sp³-hybridized carbons (Fsp3) is 0.647. The molecule has 38 heavy (non-hydrogen) atoms. The van der Waals surface area contributed by atoms with Crippen LogP contribution >= 0.6 is 0 Å². The lowest BCUT2D eigenvalue weighted by Gasteiger charge is -2.44. The van der Waals surface area contributed by atoms with Gasteiger partial charge in [0.1, 0.15) is 0 Å². The molecule has 0 amide bonds. The van der Waals surface area contributed by atoms with Gasteiger partial charge in [0.05, 0.1) is 0 Å². The number of benzene rings is 2. The van der Waals surface area contributed by atoms with E-state index in [1.54, 1.807) is 0 Å². The lowest BCUT2D eigenvalue weighted by molar-refractivity contribution is 0.0528. The summed E-state index contributed by atoms with van der Waals surface area (Å²) in [5.74, 6) is 0. The second kappa shape index (κ2) is 13.1. The maximum atomic E-state index is 2.72. The number of piperazine rings is 1. The zero-order valence-corrected chi connectivity index (χ0v) is 25.3. The summed E-state index contributed by atoms with van der Waals surface area (Å²) < 4.78 is 0. The number of hydrogen-bond donors (Lipinski definition) is 0. The lowest BCUT2D eigenvalue weighted by Crippen LogP contribution is -2.55. The van der Waals surface area contributed by atoms with Crippen LogP contribution in [0, 0.1) is 0 Å².